The van der Waals surface area contributed by atoms with Gasteiger partial charge in [0.25, 0.3) is 0 Å². The Kier molecular flexibility index (Phi) is 7.91. The summed E-state index contributed by atoms with van der Waals surface area (Å²) < 4.78 is 5.98. The van der Waals surface area contributed by atoms with Crippen molar-refractivity contribution in [3.63, 3.8) is 0 Å². The van der Waals surface area contributed by atoms with Crippen LogP contribution >= 0.6 is 0 Å². The third-order valence-corrected chi connectivity index (χ3v) is 7.23. The molecule has 2 aliphatic rings. The highest BCUT2D eigenvalue weighted by Gasteiger charge is 2.53. The second kappa shape index (κ2) is 11.1. The number of hydrogen-bond donors (Lipinski definition) is 3. The van der Waals surface area contributed by atoms with E-state index in [4.69, 9.17) is 4.74 Å². The lowest BCUT2D eigenvalue weighted by atomic mass is 9.68. The maximum atomic E-state index is 12.9. The van der Waals surface area contributed by atoms with Crippen LogP contribution in [0.4, 0.5) is 0 Å². The number of phenols is 1. The SMILES string of the molecule is C/C(=C\c1ccc(O)cc1)CC[C@@H](O)C1=C(COc2ccccc2)C[C@H]2C(=O)N(C)C(=O)[C@H]2[C@H]1CO. The van der Waals surface area contributed by atoms with E-state index in [1.54, 1.807) is 12.1 Å². The Balaban J connectivity index is 1.58. The van der Waals surface area contributed by atoms with Crippen molar-refractivity contribution >= 4 is 17.9 Å². The summed E-state index contributed by atoms with van der Waals surface area (Å²) in [7, 11) is 1.48. The lowest BCUT2D eigenvalue weighted by molar-refractivity contribution is -0.138. The van der Waals surface area contributed by atoms with Crippen LogP contribution in [0.1, 0.15) is 31.7 Å². The molecule has 7 heteroatoms. The molecule has 2 aromatic rings. The minimum absolute atomic E-state index is 0.170. The summed E-state index contributed by atoms with van der Waals surface area (Å²) in [5.41, 5.74) is 3.37. The third-order valence-electron chi connectivity index (χ3n) is 7.23. The van der Waals surface area contributed by atoms with Gasteiger partial charge in [-0.15, -0.1) is 0 Å². The van der Waals surface area contributed by atoms with Crippen molar-refractivity contribution < 1.29 is 29.6 Å². The number of ether oxygens (including phenoxy) is 1. The van der Waals surface area contributed by atoms with Crippen LogP contribution in [0.2, 0.25) is 0 Å². The predicted octanol–water partition coefficient (Wildman–Crippen LogP) is 3.56. The molecule has 0 radical (unpaired) electrons. The number of para-hydroxylation sites is 1. The summed E-state index contributed by atoms with van der Waals surface area (Å²) in [4.78, 5) is 26.8. The molecule has 0 spiro atoms. The zero-order chi connectivity index (χ0) is 25.8. The van der Waals surface area contributed by atoms with Gasteiger partial charge < -0.3 is 20.1 Å². The molecule has 1 fully saturated rings. The number of likely N-dealkylation sites (tertiary alicyclic amines) is 1. The summed E-state index contributed by atoms with van der Waals surface area (Å²) in [5.74, 6) is -1.56. The molecule has 190 valence electrons. The number of nitrogens with zero attached hydrogens (tertiary/aromatic N) is 1. The van der Waals surface area contributed by atoms with Gasteiger partial charge in [-0.05, 0) is 67.2 Å². The first-order chi connectivity index (χ1) is 17.3. The van der Waals surface area contributed by atoms with Crippen LogP contribution in [0.5, 0.6) is 11.5 Å². The lowest BCUT2D eigenvalue weighted by Crippen LogP contribution is -2.39. The molecular weight excluding hydrogens is 458 g/mol. The Hall–Kier alpha value is -3.42. The molecule has 2 aromatic carbocycles. The zero-order valence-corrected chi connectivity index (χ0v) is 20.6. The maximum Gasteiger partial charge on any atom is 0.233 e. The van der Waals surface area contributed by atoms with E-state index in [2.05, 4.69) is 0 Å². The number of hydrogen-bond acceptors (Lipinski definition) is 6. The standard InChI is InChI=1S/C29H33NO6/c1-18(14-19-9-11-21(32)12-10-19)8-13-25(33)26-20(17-36-22-6-4-3-5-7-22)15-23-27(24(26)16-31)29(35)30(2)28(23)34/h3-7,9-12,14,23-25,27,31-33H,8,13,15-17H2,1-2H3/b18-14+/t23-,24+,25-,27-/m1/s1. The Morgan fingerprint density at radius 2 is 1.81 bits per heavy atom. The molecular formula is C29H33NO6. The molecule has 2 amide bonds. The molecule has 36 heavy (non-hydrogen) atoms. The van der Waals surface area contributed by atoms with E-state index in [-0.39, 0.29) is 30.8 Å². The molecule has 0 saturated carbocycles. The van der Waals surface area contributed by atoms with Gasteiger partial charge in [0.05, 0.1) is 24.5 Å². The molecule has 1 heterocycles. The molecule has 0 aromatic heterocycles. The van der Waals surface area contributed by atoms with E-state index in [1.807, 2.05) is 55.5 Å². The highest BCUT2D eigenvalue weighted by atomic mass is 16.5. The summed E-state index contributed by atoms with van der Waals surface area (Å²) >= 11 is 0. The number of benzene rings is 2. The van der Waals surface area contributed by atoms with Gasteiger partial charge in [0, 0.05) is 13.0 Å². The fraction of sp³-hybridized carbons (Fsp3) is 0.379. The largest absolute Gasteiger partial charge is 0.508 e. The number of aromatic hydroxyl groups is 1. The molecule has 1 aliphatic heterocycles. The van der Waals surface area contributed by atoms with Gasteiger partial charge in [-0.25, -0.2) is 0 Å². The first kappa shape index (κ1) is 25.7. The third kappa shape index (κ3) is 5.37. The summed E-state index contributed by atoms with van der Waals surface area (Å²) in [6.45, 7) is 1.81. The average Bonchev–Trinajstić information content (AvgIpc) is 3.10. The highest BCUT2D eigenvalue weighted by molar-refractivity contribution is 6.05. The van der Waals surface area contributed by atoms with Gasteiger partial charge in [-0.3, -0.25) is 14.5 Å². The quantitative estimate of drug-likeness (QED) is 0.366. The predicted molar refractivity (Wildman–Crippen MR) is 136 cm³/mol. The van der Waals surface area contributed by atoms with Crippen LogP contribution in [0.15, 0.2) is 71.3 Å². The summed E-state index contributed by atoms with van der Waals surface area (Å²) in [5, 5.41) is 31.2. The fourth-order valence-electron chi connectivity index (χ4n) is 5.38. The van der Waals surface area contributed by atoms with E-state index in [9.17, 15) is 24.9 Å². The highest BCUT2D eigenvalue weighted by Crippen LogP contribution is 2.46. The lowest BCUT2D eigenvalue weighted by Gasteiger charge is -2.36. The van der Waals surface area contributed by atoms with Gasteiger partial charge in [0.1, 0.15) is 18.1 Å². The van der Waals surface area contributed by atoms with Crippen LogP contribution in [0, 0.1) is 17.8 Å². The van der Waals surface area contributed by atoms with Gasteiger partial charge in [0.2, 0.25) is 11.8 Å². The van der Waals surface area contributed by atoms with Crippen molar-refractivity contribution in [1.29, 1.82) is 0 Å². The summed E-state index contributed by atoms with van der Waals surface area (Å²) in [6, 6.07) is 16.2. The van der Waals surface area contributed by atoms with Crippen molar-refractivity contribution in [2.24, 2.45) is 17.8 Å². The monoisotopic (exact) mass is 491 g/mol. The van der Waals surface area contributed by atoms with Crippen molar-refractivity contribution in [3.05, 3.63) is 76.9 Å². The van der Waals surface area contributed by atoms with Crippen molar-refractivity contribution in [2.45, 2.75) is 32.3 Å². The Labute approximate surface area is 211 Å². The van der Waals surface area contributed by atoms with Crippen LogP contribution in [0.3, 0.4) is 0 Å². The number of aliphatic hydroxyl groups excluding tert-OH is 2. The number of carbonyl (C=O) groups is 2. The van der Waals surface area contributed by atoms with E-state index in [1.165, 1.54) is 7.05 Å². The maximum absolute atomic E-state index is 12.9. The Morgan fingerprint density at radius 1 is 1.11 bits per heavy atom. The fourth-order valence-corrected chi connectivity index (χ4v) is 5.38. The number of fused-ring (bicyclic) bond motifs is 1. The van der Waals surface area contributed by atoms with E-state index < -0.39 is 23.9 Å². The molecule has 7 nitrogen and oxygen atoms in total. The molecule has 4 atom stereocenters. The first-order valence-corrected chi connectivity index (χ1v) is 12.3. The van der Waals surface area contributed by atoms with Crippen molar-refractivity contribution in [3.8, 4) is 11.5 Å². The normalized spacial score (nSPS) is 23.2. The number of amides is 2. The molecule has 1 aliphatic carbocycles. The minimum atomic E-state index is -0.894. The van der Waals surface area contributed by atoms with Crippen LogP contribution < -0.4 is 4.74 Å². The Bertz CT molecular complexity index is 1150. The van der Waals surface area contributed by atoms with Crippen LogP contribution in [-0.4, -0.2) is 58.4 Å². The van der Waals surface area contributed by atoms with Crippen molar-refractivity contribution in [1.82, 2.24) is 4.90 Å². The minimum Gasteiger partial charge on any atom is -0.508 e. The van der Waals surface area contributed by atoms with Gasteiger partial charge in [-0.2, -0.15) is 0 Å². The molecule has 0 unspecified atom stereocenters. The average molecular weight is 492 g/mol. The second-order valence-corrected chi connectivity index (χ2v) is 9.66. The number of allylic oxidation sites excluding steroid dienone is 1. The number of carbonyl (C=O) groups excluding carboxylic acids is 2. The van der Waals surface area contributed by atoms with Crippen molar-refractivity contribution in [2.75, 3.05) is 20.3 Å². The second-order valence-electron chi connectivity index (χ2n) is 9.66. The molecule has 4 rings (SSSR count). The number of phenolic OH excluding ortho intramolecular Hbond substituents is 1. The first-order valence-electron chi connectivity index (χ1n) is 12.3. The Morgan fingerprint density at radius 3 is 2.47 bits per heavy atom. The molecule has 3 N–H and O–H groups in total. The summed E-state index contributed by atoms with van der Waals surface area (Å²) in [6.07, 6.45) is 2.41. The van der Waals surface area contributed by atoms with E-state index in [0.717, 1.165) is 21.6 Å². The molecule has 0 bridgehead atoms. The van der Waals surface area contributed by atoms with Gasteiger partial charge in [-0.1, -0.05) is 42.0 Å². The topological polar surface area (TPSA) is 107 Å². The number of imide groups is 1. The number of aliphatic hydroxyl groups is 2. The van der Waals surface area contributed by atoms with E-state index >= 15 is 0 Å². The number of rotatable bonds is 9. The van der Waals surface area contributed by atoms with Gasteiger partial charge >= 0.3 is 0 Å². The van der Waals surface area contributed by atoms with Gasteiger partial charge in [0.15, 0.2) is 0 Å². The van der Waals surface area contributed by atoms with E-state index in [0.29, 0.717) is 30.6 Å². The zero-order valence-electron chi connectivity index (χ0n) is 20.6. The van der Waals surface area contributed by atoms with Crippen LogP contribution in [0.25, 0.3) is 6.08 Å². The van der Waals surface area contributed by atoms with Crippen LogP contribution in [-0.2, 0) is 9.59 Å². The molecule has 1 saturated heterocycles. The smallest absolute Gasteiger partial charge is 0.233 e.